The van der Waals surface area contributed by atoms with Gasteiger partial charge in [0.05, 0.1) is 0 Å². The fourth-order valence-corrected chi connectivity index (χ4v) is 2.71. The number of H-pyrrole nitrogens is 1. The van der Waals surface area contributed by atoms with Gasteiger partial charge in [-0.2, -0.15) is 13.2 Å². The topological polar surface area (TPSA) is 65.2 Å². The van der Waals surface area contributed by atoms with E-state index in [2.05, 4.69) is 10.3 Å². The number of hydrogen-bond acceptors (Lipinski definition) is 2. The van der Waals surface area contributed by atoms with Crippen molar-refractivity contribution in [3.63, 3.8) is 0 Å². The van der Waals surface area contributed by atoms with Crippen LogP contribution in [0.3, 0.4) is 0 Å². The van der Waals surface area contributed by atoms with Gasteiger partial charge in [-0.25, -0.2) is 0 Å². The summed E-state index contributed by atoms with van der Waals surface area (Å²) < 4.78 is 37.6. The molecule has 2 heterocycles. The number of amides is 2. The van der Waals surface area contributed by atoms with Crippen molar-refractivity contribution < 1.29 is 22.8 Å². The smallest absolute Gasteiger partial charge is 0.362 e. The average molecular weight is 317 g/mol. The highest BCUT2D eigenvalue weighted by molar-refractivity contribution is 5.90. The lowest BCUT2D eigenvalue weighted by atomic mass is 10.2. The second kappa shape index (κ2) is 6.02. The van der Waals surface area contributed by atoms with Crippen molar-refractivity contribution >= 4 is 11.8 Å². The Bertz CT molecular complexity index is 580. The Hall–Kier alpha value is -1.99. The Kier molecular flexibility index (Phi) is 4.48. The maximum Gasteiger partial charge on any atom is 0.471 e. The van der Waals surface area contributed by atoms with E-state index in [9.17, 15) is 22.8 Å². The molecule has 1 fully saturated rings. The Morgan fingerprint density at radius 3 is 2.64 bits per heavy atom. The number of rotatable bonds is 3. The van der Waals surface area contributed by atoms with Crippen LogP contribution >= 0.6 is 0 Å². The summed E-state index contributed by atoms with van der Waals surface area (Å²) in [5.41, 5.74) is 2.71. The number of likely N-dealkylation sites (tertiary alicyclic amines) is 1. The summed E-state index contributed by atoms with van der Waals surface area (Å²) in [6.07, 6.45) is -4.31. The number of aryl methyl sites for hydroxylation is 2. The molecular formula is C14H18F3N3O2. The number of nitrogens with zero attached hydrogens (tertiary/aromatic N) is 1. The van der Waals surface area contributed by atoms with Crippen LogP contribution in [0.15, 0.2) is 6.07 Å². The van der Waals surface area contributed by atoms with Crippen molar-refractivity contribution in [1.82, 2.24) is 15.2 Å². The van der Waals surface area contributed by atoms with Crippen LogP contribution in [0.1, 0.15) is 29.8 Å². The van der Waals surface area contributed by atoms with Gasteiger partial charge in [-0.05, 0) is 38.3 Å². The van der Waals surface area contributed by atoms with Gasteiger partial charge in [0.2, 0.25) is 5.91 Å². The van der Waals surface area contributed by atoms with E-state index in [1.807, 2.05) is 19.9 Å². The normalized spacial score (nSPS) is 18.6. The Morgan fingerprint density at radius 1 is 1.41 bits per heavy atom. The number of carbonyl (C=O) groups excluding carboxylic acids is 2. The fourth-order valence-electron chi connectivity index (χ4n) is 2.71. The zero-order chi connectivity index (χ0) is 16.5. The van der Waals surface area contributed by atoms with Gasteiger partial charge in [-0.1, -0.05) is 0 Å². The van der Waals surface area contributed by atoms with E-state index in [0.29, 0.717) is 11.3 Å². The van der Waals surface area contributed by atoms with E-state index in [1.165, 1.54) is 0 Å². The van der Waals surface area contributed by atoms with Crippen molar-refractivity contribution in [2.75, 3.05) is 6.54 Å². The summed E-state index contributed by atoms with van der Waals surface area (Å²) in [6, 6.07) is 0.817. The third-order valence-electron chi connectivity index (χ3n) is 3.77. The Balaban J connectivity index is 1.99. The number of halogens is 3. The van der Waals surface area contributed by atoms with Gasteiger partial charge >= 0.3 is 12.1 Å². The fraction of sp³-hybridized carbons (Fsp3) is 0.571. The molecule has 1 aromatic rings. The average Bonchev–Trinajstić information content (AvgIpc) is 3.00. The van der Waals surface area contributed by atoms with Crippen LogP contribution < -0.4 is 5.32 Å². The lowest BCUT2D eigenvalue weighted by molar-refractivity contribution is -0.186. The number of aromatic nitrogens is 1. The molecule has 5 nitrogen and oxygen atoms in total. The first-order valence-electron chi connectivity index (χ1n) is 7.00. The van der Waals surface area contributed by atoms with Gasteiger partial charge in [0.1, 0.15) is 6.04 Å². The molecular weight excluding hydrogens is 299 g/mol. The third kappa shape index (κ3) is 3.42. The monoisotopic (exact) mass is 317 g/mol. The van der Waals surface area contributed by atoms with Crippen molar-refractivity contribution in [3.8, 4) is 0 Å². The van der Waals surface area contributed by atoms with Crippen LogP contribution in [0.25, 0.3) is 0 Å². The predicted octanol–water partition coefficient (Wildman–Crippen LogP) is 1.80. The van der Waals surface area contributed by atoms with Crippen LogP contribution in [-0.2, 0) is 16.1 Å². The van der Waals surface area contributed by atoms with Crippen LogP contribution in [0, 0.1) is 13.8 Å². The second-order valence-corrected chi connectivity index (χ2v) is 5.47. The molecule has 0 saturated carbocycles. The zero-order valence-corrected chi connectivity index (χ0v) is 12.4. The van der Waals surface area contributed by atoms with Crippen LogP contribution in [0.2, 0.25) is 0 Å². The summed E-state index contributed by atoms with van der Waals surface area (Å²) in [5.74, 6) is -2.49. The molecule has 22 heavy (non-hydrogen) atoms. The molecule has 2 rings (SSSR count). The number of carbonyl (C=O) groups is 2. The van der Waals surface area contributed by atoms with E-state index < -0.39 is 24.0 Å². The standard InChI is InChI=1S/C14H18F3N3O2/c1-8-6-10(9(2)19-8)7-18-12(21)11-4-3-5-20(11)13(22)14(15,16)17/h6,11,19H,3-5,7H2,1-2H3,(H,18,21). The number of nitrogens with one attached hydrogen (secondary N) is 2. The highest BCUT2D eigenvalue weighted by Crippen LogP contribution is 2.25. The summed E-state index contributed by atoms with van der Waals surface area (Å²) >= 11 is 0. The molecule has 1 unspecified atom stereocenters. The Labute approximate surface area is 125 Å². The van der Waals surface area contributed by atoms with Gasteiger partial charge in [0, 0.05) is 24.5 Å². The Morgan fingerprint density at radius 2 is 2.09 bits per heavy atom. The highest BCUT2D eigenvalue weighted by Gasteiger charge is 2.47. The quantitative estimate of drug-likeness (QED) is 0.893. The molecule has 0 radical (unpaired) electrons. The van der Waals surface area contributed by atoms with Crippen molar-refractivity contribution in [1.29, 1.82) is 0 Å². The van der Waals surface area contributed by atoms with Gasteiger partial charge in [0.25, 0.3) is 0 Å². The lowest BCUT2D eigenvalue weighted by Gasteiger charge is -2.24. The van der Waals surface area contributed by atoms with Gasteiger partial charge in [-0.15, -0.1) is 0 Å². The molecule has 1 saturated heterocycles. The minimum Gasteiger partial charge on any atom is -0.362 e. The van der Waals surface area contributed by atoms with Gasteiger partial charge in [0.15, 0.2) is 0 Å². The minimum absolute atomic E-state index is 0.0429. The van der Waals surface area contributed by atoms with E-state index in [0.717, 1.165) is 17.0 Å². The molecule has 2 amide bonds. The SMILES string of the molecule is Cc1cc(CNC(=O)C2CCCN2C(=O)C(F)(F)F)c(C)[nH]1. The van der Waals surface area contributed by atoms with Crippen molar-refractivity contribution in [2.45, 2.75) is 45.5 Å². The van der Waals surface area contributed by atoms with E-state index in [-0.39, 0.29) is 19.5 Å². The summed E-state index contributed by atoms with van der Waals surface area (Å²) in [6.45, 7) is 3.90. The summed E-state index contributed by atoms with van der Waals surface area (Å²) in [5, 5.41) is 2.61. The molecule has 8 heteroatoms. The molecule has 122 valence electrons. The number of alkyl halides is 3. The first-order chi connectivity index (χ1) is 10.2. The minimum atomic E-state index is -4.95. The molecule has 0 bridgehead atoms. The third-order valence-corrected chi connectivity index (χ3v) is 3.77. The maximum absolute atomic E-state index is 12.5. The summed E-state index contributed by atoms with van der Waals surface area (Å²) in [7, 11) is 0. The first-order valence-corrected chi connectivity index (χ1v) is 7.00. The van der Waals surface area contributed by atoms with Crippen molar-refractivity contribution in [2.24, 2.45) is 0 Å². The van der Waals surface area contributed by atoms with Crippen LogP contribution in [-0.4, -0.2) is 40.5 Å². The molecule has 2 N–H and O–H groups in total. The van der Waals surface area contributed by atoms with Crippen LogP contribution in [0.4, 0.5) is 13.2 Å². The number of hydrogen-bond donors (Lipinski definition) is 2. The summed E-state index contributed by atoms with van der Waals surface area (Å²) in [4.78, 5) is 27.1. The van der Waals surface area contributed by atoms with Crippen LogP contribution in [0.5, 0.6) is 0 Å². The van der Waals surface area contributed by atoms with Gasteiger partial charge < -0.3 is 15.2 Å². The van der Waals surface area contributed by atoms with Crippen molar-refractivity contribution in [3.05, 3.63) is 23.0 Å². The largest absolute Gasteiger partial charge is 0.471 e. The van der Waals surface area contributed by atoms with Gasteiger partial charge in [-0.3, -0.25) is 9.59 Å². The zero-order valence-electron chi connectivity index (χ0n) is 12.4. The molecule has 1 aliphatic heterocycles. The molecule has 0 aromatic carbocycles. The molecule has 0 aliphatic carbocycles. The molecule has 1 atom stereocenters. The molecule has 1 aliphatic rings. The van der Waals surface area contributed by atoms with E-state index >= 15 is 0 Å². The molecule has 1 aromatic heterocycles. The van der Waals surface area contributed by atoms with E-state index in [1.54, 1.807) is 0 Å². The number of aromatic amines is 1. The highest BCUT2D eigenvalue weighted by atomic mass is 19.4. The van der Waals surface area contributed by atoms with E-state index in [4.69, 9.17) is 0 Å². The maximum atomic E-state index is 12.5. The first kappa shape index (κ1) is 16.4. The lowest BCUT2D eigenvalue weighted by Crippen LogP contribution is -2.50. The molecule has 0 spiro atoms. The predicted molar refractivity (Wildman–Crippen MR) is 72.9 cm³/mol. The second-order valence-electron chi connectivity index (χ2n) is 5.47.